The van der Waals surface area contributed by atoms with Gasteiger partial charge >= 0.3 is 0 Å². The first-order valence-corrected chi connectivity index (χ1v) is 10.4. The van der Waals surface area contributed by atoms with Crippen molar-refractivity contribution in [2.75, 3.05) is 12.3 Å². The highest BCUT2D eigenvalue weighted by Crippen LogP contribution is 2.33. The summed E-state index contributed by atoms with van der Waals surface area (Å²) in [5.41, 5.74) is 7.76. The van der Waals surface area contributed by atoms with Gasteiger partial charge in [-0.15, -0.1) is 0 Å². The molecule has 0 spiro atoms. The number of Topliss-reactive ketones (excluding diaryl/α,β-unsaturated/α-hetero) is 1. The summed E-state index contributed by atoms with van der Waals surface area (Å²) in [6.07, 6.45) is 1.54. The largest absolute Gasteiger partial charge is 0.486 e. The van der Waals surface area contributed by atoms with Gasteiger partial charge < -0.3 is 15.8 Å². The fraction of sp³-hybridized carbons (Fsp3) is 0.174. The molecule has 0 aliphatic rings. The van der Waals surface area contributed by atoms with Crippen LogP contribution in [-0.4, -0.2) is 23.3 Å². The fourth-order valence-corrected chi connectivity index (χ4v) is 3.73. The first kappa shape index (κ1) is 23.5. The number of carbonyl (C=O) groups is 2. The molecule has 0 fully saturated rings. The molecule has 32 heavy (non-hydrogen) atoms. The molecular weight excluding hydrogens is 456 g/mol. The molecule has 2 aromatic carbocycles. The van der Waals surface area contributed by atoms with E-state index in [1.807, 2.05) is 0 Å². The predicted octanol–water partition coefficient (Wildman–Crippen LogP) is 5.24. The van der Waals surface area contributed by atoms with Crippen molar-refractivity contribution in [2.24, 2.45) is 0 Å². The van der Waals surface area contributed by atoms with Gasteiger partial charge in [0.1, 0.15) is 24.0 Å². The van der Waals surface area contributed by atoms with Crippen molar-refractivity contribution in [3.8, 4) is 16.9 Å². The highest BCUT2D eigenvalue weighted by molar-refractivity contribution is 6.36. The summed E-state index contributed by atoms with van der Waals surface area (Å²) in [6, 6.07) is 10.4. The number of rotatable bonds is 7. The van der Waals surface area contributed by atoms with E-state index >= 15 is 0 Å². The standard InChI is InChI=1S/C23H20Cl2FN3O3/c1-12(30)11-32-16-5-3-14(4-6-16)15-9-17(22(27)28-10-15)23(31)29-13(2)20-18(24)7-8-19(26)21(20)25/h3-10,13H,11H2,1-2H3,(H2,27,28)(H,29,31). The second kappa shape index (κ2) is 9.97. The van der Waals surface area contributed by atoms with Crippen LogP contribution in [0.1, 0.15) is 35.8 Å². The van der Waals surface area contributed by atoms with Gasteiger partial charge in [-0.05, 0) is 49.7 Å². The van der Waals surface area contributed by atoms with Crippen molar-refractivity contribution in [1.29, 1.82) is 0 Å². The van der Waals surface area contributed by atoms with Crippen LogP contribution in [0.25, 0.3) is 11.1 Å². The molecule has 0 bridgehead atoms. The van der Waals surface area contributed by atoms with Gasteiger partial charge in [-0.3, -0.25) is 9.59 Å². The minimum atomic E-state index is -0.682. The lowest BCUT2D eigenvalue weighted by Crippen LogP contribution is -2.28. The third-order valence-corrected chi connectivity index (χ3v) is 5.37. The summed E-state index contributed by atoms with van der Waals surface area (Å²) < 4.78 is 19.2. The number of nitrogens with two attached hydrogens (primary N) is 1. The molecule has 0 aliphatic carbocycles. The van der Waals surface area contributed by atoms with Crippen molar-refractivity contribution in [1.82, 2.24) is 10.3 Å². The van der Waals surface area contributed by atoms with E-state index in [0.717, 1.165) is 11.6 Å². The Morgan fingerprint density at radius 1 is 1.16 bits per heavy atom. The number of nitrogens with zero attached hydrogens (tertiary/aromatic N) is 1. The highest BCUT2D eigenvalue weighted by atomic mass is 35.5. The van der Waals surface area contributed by atoms with Crippen LogP contribution in [0.2, 0.25) is 10.0 Å². The summed E-state index contributed by atoms with van der Waals surface area (Å²) in [6.45, 7) is 3.07. The van der Waals surface area contributed by atoms with E-state index in [1.54, 1.807) is 43.5 Å². The maximum Gasteiger partial charge on any atom is 0.255 e. The number of ketones is 1. The van der Waals surface area contributed by atoms with Gasteiger partial charge in [-0.2, -0.15) is 0 Å². The number of halogens is 3. The SMILES string of the molecule is CC(=O)COc1ccc(-c2cnc(N)c(C(=O)NC(C)c3c(Cl)ccc(F)c3Cl)c2)cc1. The van der Waals surface area contributed by atoms with Crippen LogP contribution >= 0.6 is 23.2 Å². The maximum atomic E-state index is 13.8. The van der Waals surface area contributed by atoms with Gasteiger partial charge in [0.05, 0.1) is 16.6 Å². The first-order valence-electron chi connectivity index (χ1n) is 9.59. The molecular formula is C23H20Cl2FN3O3. The first-order chi connectivity index (χ1) is 15.2. The molecule has 3 rings (SSSR count). The van der Waals surface area contributed by atoms with E-state index in [9.17, 15) is 14.0 Å². The van der Waals surface area contributed by atoms with Crippen molar-refractivity contribution >= 4 is 40.7 Å². The molecule has 0 saturated heterocycles. The molecule has 9 heteroatoms. The normalized spacial score (nSPS) is 11.7. The van der Waals surface area contributed by atoms with Crippen molar-refractivity contribution in [3.63, 3.8) is 0 Å². The number of ether oxygens (including phenoxy) is 1. The summed E-state index contributed by atoms with van der Waals surface area (Å²) in [4.78, 5) is 28.0. The highest BCUT2D eigenvalue weighted by Gasteiger charge is 2.21. The number of hydrogen-bond acceptors (Lipinski definition) is 5. The molecule has 0 aliphatic heterocycles. The molecule has 1 unspecified atom stereocenters. The quantitative estimate of drug-likeness (QED) is 0.455. The Hall–Kier alpha value is -3.16. The summed E-state index contributed by atoms with van der Waals surface area (Å²) in [5.74, 6) is -0.643. The summed E-state index contributed by atoms with van der Waals surface area (Å²) >= 11 is 12.2. The Morgan fingerprint density at radius 3 is 2.50 bits per heavy atom. The second-order valence-corrected chi connectivity index (χ2v) is 7.91. The smallest absolute Gasteiger partial charge is 0.255 e. The van der Waals surface area contributed by atoms with Gasteiger partial charge in [0.25, 0.3) is 5.91 Å². The maximum absolute atomic E-state index is 13.8. The van der Waals surface area contributed by atoms with E-state index in [0.29, 0.717) is 11.3 Å². The topological polar surface area (TPSA) is 94.3 Å². The van der Waals surface area contributed by atoms with Gasteiger partial charge in [0.2, 0.25) is 0 Å². The van der Waals surface area contributed by atoms with Crippen LogP contribution < -0.4 is 15.8 Å². The third kappa shape index (κ3) is 5.36. The van der Waals surface area contributed by atoms with Gasteiger partial charge in [-0.25, -0.2) is 9.37 Å². The predicted molar refractivity (Wildman–Crippen MR) is 123 cm³/mol. The van der Waals surface area contributed by atoms with Crippen molar-refractivity contribution in [3.05, 3.63) is 75.7 Å². The van der Waals surface area contributed by atoms with Crippen molar-refractivity contribution in [2.45, 2.75) is 19.9 Å². The van der Waals surface area contributed by atoms with Crippen LogP contribution in [-0.2, 0) is 4.79 Å². The second-order valence-electron chi connectivity index (χ2n) is 7.12. The third-order valence-electron chi connectivity index (χ3n) is 4.65. The zero-order chi connectivity index (χ0) is 23.4. The Balaban J connectivity index is 1.82. The molecule has 1 aromatic heterocycles. The summed E-state index contributed by atoms with van der Waals surface area (Å²) in [7, 11) is 0. The van der Waals surface area contributed by atoms with Crippen LogP contribution in [0.5, 0.6) is 5.75 Å². The van der Waals surface area contributed by atoms with Crippen LogP contribution in [0.15, 0.2) is 48.7 Å². The minimum Gasteiger partial charge on any atom is -0.486 e. The van der Waals surface area contributed by atoms with E-state index < -0.39 is 17.8 Å². The van der Waals surface area contributed by atoms with Crippen LogP contribution in [0.4, 0.5) is 10.2 Å². The Labute approximate surface area is 194 Å². The number of hydrogen-bond donors (Lipinski definition) is 2. The molecule has 1 atom stereocenters. The molecule has 166 valence electrons. The van der Waals surface area contributed by atoms with Crippen LogP contribution in [0, 0.1) is 5.82 Å². The van der Waals surface area contributed by atoms with E-state index in [-0.39, 0.29) is 39.4 Å². The molecule has 1 amide bonds. The Bertz CT molecular complexity index is 1170. The minimum absolute atomic E-state index is 0.00930. The number of pyridine rings is 1. The number of anilines is 1. The summed E-state index contributed by atoms with van der Waals surface area (Å²) in [5, 5.41) is 2.81. The Kier molecular flexibility index (Phi) is 7.33. The lowest BCUT2D eigenvalue weighted by Gasteiger charge is -2.18. The lowest BCUT2D eigenvalue weighted by atomic mass is 10.0. The van der Waals surface area contributed by atoms with Crippen LogP contribution in [0.3, 0.4) is 0 Å². The molecule has 0 saturated carbocycles. The van der Waals surface area contributed by atoms with E-state index in [1.165, 1.54) is 13.0 Å². The van der Waals surface area contributed by atoms with E-state index in [4.69, 9.17) is 33.7 Å². The zero-order valence-corrected chi connectivity index (χ0v) is 18.8. The van der Waals surface area contributed by atoms with E-state index in [2.05, 4.69) is 10.3 Å². The molecule has 6 nitrogen and oxygen atoms in total. The zero-order valence-electron chi connectivity index (χ0n) is 17.3. The number of benzene rings is 2. The Morgan fingerprint density at radius 2 is 1.84 bits per heavy atom. The number of carbonyl (C=O) groups excluding carboxylic acids is 2. The number of nitrogens with one attached hydrogen (secondary N) is 1. The molecule has 3 N–H and O–H groups in total. The van der Waals surface area contributed by atoms with Gasteiger partial charge in [-0.1, -0.05) is 35.3 Å². The van der Waals surface area contributed by atoms with Crippen molar-refractivity contribution < 1.29 is 18.7 Å². The number of aromatic nitrogens is 1. The molecule has 1 heterocycles. The van der Waals surface area contributed by atoms with Gasteiger partial charge in [0.15, 0.2) is 5.78 Å². The average molecular weight is 476 g/mol. The fourth-order valence-electron chi connectivity index (χ4n) is 3.03. The molecule has 3 aromatic rings. The van der Waals surface area contributed by atoms with Gasteiger partial charge in [0, 0.05) is 22.3 Å². The molecule has 0 radical (unpaired) electrons. The number of amides is 1. The lowest BCUT2D eigenvalue weighted by molar-refractivity contribution is -0.118. The average Bonchev–Trinajstić information content (AvgIpc) is 2.76. The number of nitrogen functional groups attached to an aromatic ring is 1. The monoisotopic (exact) mass is 475 g/mol.